The highest BCUT2D eigenvalue weighted by Gasteiger charge is 2.26. The van der Waals surface area contributed by atoms with Gasteiger partial charge in [-0.05, 0) is 6.42 Å². The fraction of sp³-hybridized carbons (Fsp3) is 1.00. The molecule has 0 bridgehead atoms. The summed E-state index contributed by atoms with van der Waals surface area (Å²) in [6.45, 7) is 1.51. The summed E-state index contributed by atoms with van der Waals surface area (Å²) in [5, 5.41) is 2.67. The molecule has 0 fully saturated rings. The van der Waals surface area contributed by atoms with Crippen molar-refractivity contribution in [1.82, 2.24) is 5.32 Å². The van der Waals surface area contributed by atoms with E-state index in [1.807, 2.05) is 6.92 Å². The van der Waals surface area contributed by atoms with Crippen molar-refractivity contribution in [3.63, 3.8) is 0 Å². The summed E-state index contributed by atoms with van der Waals surface area (Å²) in [6.07, 6.45) is -1.71. The fourth-order valence-electron chi connectivity index (χ4n) is 0.738. The van der Waals surface area contributed by atoms with E-state index in [1.165, 1.54) is 0 Å². The van der Waals surface area contributed by atoms with E-state index >= 15 is 0 Å². The molecule has 0 saturated heterocycles. The zero-order chi connectivity index (χ0) is 9.61. The molecule has 0 amide bonds. The monoisotopic (exact) mass is 219 g/mol. The summed E-state index contributed by atoms with van der Waals surface area (Å²) in [5.74, 6) is 0.499. The van der Waals surface area contributed by atoms with Gasteiger partial charge in [0.05, 0.1) is 6.54 Å². The second-order valence-corrected chi connectivity index (χ2v) is 3.21. The molecule has 0 unspecified atom stereocenters. The maximum Gasteiger partial charge on any atom is 0.250 e. The van der Waals surface area contributed by atoms with Crippen molar-refractivity contribution in [1.29, 1.82) is 0 Å². The lowest BCUT2D eigenvalue weighted by molar-refractivity contribution is 0.133. The van der Waals surface area contributed by atoms with E-state index in [1.54, 1.807) is 0 Å². The van der Waals surface area contributed by atoms with Gasteiger partial charge in [0.25, 0.3) is 6.43 Å². The molecule has 0 atom stereocenters. The number of hydrogen-bond donors (Lipinski definition) is 1. The molecule has 0 aromatic heterocycles. The molecular weight excluding hydrogens is 207 g/mol. The zero-order valence-corrected chi connectivity index (χ0v) is 8.43. The first-order valence-corrected chi connectivity index (χ1v) is 4.82. The molecule has 0 aliphatic carbocycles. The van der Waals surface area contributed by atoms with Gasteiger partial charge in [-0.25, -0.2) is 8.78 Å². The van der Waals surface area contributed by atoms with Gasteiger partial charge in [0.1, 0.15) is 0 Å². The van der Waals surface area contributed by atoms with Crippen LogP contribution in [0.5, 0.6) is 0 Å². The smallest absolute Gasteiger partial charge is 0.250 e. The van der Waals surface area contributed by atoms with Gasteiger partial charge in [-0.15, -0.1) is 23.2 Å². The van der Waals surface area contributed by atoms with Gasteiger partial charge >= 0.3 is 0 Å². The standard InChI is InChI=1S/C7H13Cl2F2N/c1-2-7(4-8,5-9)12-3-6(10)11/h6,12H,2-5H2,1H3. The molecule has 0 aromatic rings. The molecule has 0 heterocycles. The molecule has 1 nitrogen and oxygen atoms in total. The molecule has 0 spiro atoms. The van der Waals surface area contributed by atoms with Crippen LogP contribution in [0.15, 0.2) is 0 Å². The van der Waals surface area contributed by atoms with E-state index in [2.05, 4.69) is 5.32 Å². The number of halogens is 4. The van der Waals surface area contributed by atoms with E-state index in [4.69, 9.17) is 23.2 Å². The number of hydrogen-bond acceptors (Lipinski definition) is 1. The maximum absolute atomic E-state index is 11.8. The first-order valence-electron chi connectivity index (χ1n) is 3.75. The molecular formula is C7H13Cl2F2N. The van der Waals surface area contributed by atoms with Crippen LogP contribution in [-0.2, 0) is 0 Å². The highest BCUT2D eigenvalue weighted by molar-refractivity contribution is 6.22. The average Bonchev–Trinajstić information content (AvgIpc) is 2.08. The van der Waals surface area contributed by atoms with Gasteiger partial charge in [-0.2, -0.15) is 0 Å². The van der Waals surface area contributed by atoms with Gasteiger partial charge in [-0.3, -0.25) is 0 Å². The van der Waals surface area contributed by atoms with E-state index in [0.29, 0.717) is 6.42 Å². The summed E-state index contributed by atoms with van der Waals surface area (Å²) in [7, 11) is 0. The second kappa shape index (κ2) is 5.95. The Bertz CT molecular complexity index is 110. The fourth-order valence-corrected chi connectivity index (χ4v) is 1.59. The summed E-state index contributed by atoms with van der Waals surface area (Å²) >= 11 is 11.2. The topological polar surface area (TPSA) is 12.0 Å². The van der Waals surface area contributed by atoms with Crippen molar-refractivity contribution in [2.24, 2.45) is 0 Å². The van der Waals surface area contributed by atoms with E-state index in [9.17, 15) is 8.78 Å². The van der Waals surface area contributed by atoms with Crippen LogP contribution >= 0.6 is 23.2 Å². The van der Waals surface area contributed by atoms with Crippen molar-refractivity contribution < 1.29 is 8.78 Å². The van der Waals surface area contributed by atoms with Crippen LogP contribution in [0.1, 0.15) is 13.3 Å². The third-order valence-corrected chi connectivity index (χ3v) is 2.84. The first-order chi connectivity index (χ1) is 5.60. The summed E-state index contributed by atoms with van der Waals surface area (Å²) in [5.41, 5.74) is -0.542. The van der Waals surface area contributed by atoms with Gasteiger partial charge in [0, 0.05) is 17.3 Å². The minimum Gasteiger partial charge on any atom is -0.304 e. The highest BCUT2D eigenvalue weighted by atomic mass is 35.5. The third-order valence-electron chi connectivity index (χ3n) is 1.82. The minimum absolute atomic E-state index is 0.250. The molecule has 0 saturated carbocycles. The normalized spacial score (nSPS) is 12.5. The molecule has 0 aromatic carbocycles. The highest BCUT2D eigenvalue weighted by Crippen LogP contribution is 2.14. The lowest BCUT2D eigenvalue weighted by atomic mass is 10.0. The molecule has 0 radical (unpaired) electrons. The molecule has 12 heavy (non-hydrogen) atoms. The quantitative estimate of drug-likeness (QED) is 0.678. The Kier molecular flexibility index (Phi) is 6.14. The van der Waals surface area contributed by atoms with Crippen molar-refractivity contribution in [3.8, 4) is 0 Å². The number of alkyl halides is 4. The van der Waals surface area contributed by atoms with Crippen molar-refractivity contribution in [3.05, 3.63) is 0 Å². The Hall–Kier alpha value is 0.400. The first kappa shape index (κ1) is 12.4. The van der Waals surface area contributed by atoms with Crippen LogP contribution in [0.25, 0.3) is 0 Å². The predicted molar refractivity (Wildman–Crippen MR) is 48.5 cm³/mol. The Morgan fingerprint density at radius 1 is 1.33 bits per heavy atom. The van der Waals surface area contributed by atoms with E-state index in [0.717, 1.165) is 0 Å². The molecule has 1 N–H and O–H groups in total. The van der Waals surface area contributed by atoms with Crippen molar-refractivity contribution in [2.45, 2.75) is 25.3 Å². The van der Waals surface area contributed by atoms with Gasteiger partial charge in [-0.1, -0.05) is 6.92 Å². The lowest BCUT2D eigenvalue weighted by Crippen LogP contribution is -2.50. The molecule has 5 heteroatoms. The van der Waals surface area contributed by atoms with Gasteiger partial charge < -0.3 is 5.32 Å². The van der Waals surface area contributed by atoms with Crippen molar-refractivity contribution >= 4 is 23.2 Å². The predicted octanol–water partition coefficient (Wildman–Crippen LogP) is 2.47. The summed E-state index contributed by atoms with van der Waals surface area (Å²) < 4.78 is 23.7. The van der Waals surface area contributed by atoms with Crippen LogP contribution < -0.4 is 5.32 Å². The van der Waals surface area contributed by atoms with Gasteiger partial charge in [0.2, 0.25) is 0 Å². The third kappa shape index (κ3) is 3.87. The summed E-state index contributed by atoms with van der Waals surface area (Å²) in [6, 6.07) is 0. The maximum atomic E-state index is 11.8. The van der Waals surface area contributed by atoms with Gasteiger partial charge in [0.15, 0.2) is 0 Å². The second-order valence-electron chi connectivity index (χ2n) is 2.67. The largest absolute Gasteiger partial charge is 0.304 e. The molecule has 74 valence electrons. The Morgan fingerprint density at radius 2 is 1.83 bits per heavy atom. The number of rotatable bonds is 6. The Balaban J connectivity index is 3.93. The number of nitrogens with one attached hydrogen (secondary N) is 1. The summed E-state index contributed by atoms with van der Waals surface area (Å²) in [4.78, 5) is 0. The SMILES string of the molecule is CCC(CCl)(CCl)NCC(F)F. The Morgan fingerprint density at radius 3 is 2.08 bits per heavy atom. The lowest BCUT2D eigenvalue weighted by Gasteiger charge is -2.29. The molecule has 0 rings (SSSR count). The van der Waals surface area contributed by atoms with Crippen LogP contribution in [0.4, 0.5) is 8.78 Å². The van der Waals surface area contributed by atoms with Crippen LogP contribution in [0.3, 0.4) is 0 Å². The van der Waals surface area contributed by atoms with Crippen molar-refractivity contribution in [2.75, 3.05) is 18.3 Å². The Labute approximate surface area is 81.4 Å². The average molecular weight is 220 g/mol. The van der Waals surface area contributed by atoms with E-state index < -0.39 is 12.0 Å². The van der Waals surface area contributed by atoms with Crippen LogP contribution in [0, 0.1) is 0 Å². The minimum atomic E-state index is -2.36. The molecule has 0 aliphatic rings. The van der Waals surface area contributed by atoms with Crippen LogP contribution in [0.2, 0.25) is 0 Å². The zero-order valence-electron chi connectivity index (χ0n) is 6.92. The van der Waals surface area contributed by atoms with E-state index in [-0.39, 0.29) is 18.3 Å². The van der Waals surface area contributed by atoms with Crippen LogP contribution in [-0.4, -0.2) is 30.3 Å². The molecule has 0 aliphatic heterocycles.